The molecule has 0 spiro atoms. The average molecular weight is 302 g/mol. The van der Waals surface area contributed by atoms with Gasteiger partial charge < -0.3 is 9.80 Å². The fraction of sp³-hybridized carbons (Fsp3) is 0.267. The number of para-hydroxylation sites is 2. The Kier molecular flexibility index (Phi) is 3.86. The summed E-state index contributed by atoms with van der Waals surface area (Å²) in [5, 5.41) is 11.1. The molecular weight excluding hydrogens is 287 g/mol. The van der Waals surface area contributed by atoms with Crippen LogP contribution in [0.25, 0.3) is 0 Å². The first-order valence-electron chi connectivity index (χ1n) is 7.01. The standard InChI is InChI=1S/C15H15FN4O2/c16-14-6-3-7-15(17-14)19-10-8-18(9-11-19)12-4-1-2-5-13(12)20(21)22/h1-7H,8-11H2. The van der Waals surface area contributed by atoms with E-state index in [9.17, 15) is 14.5 Å². The summed E-state index contributed by atoms with van der Waals surface area (Å²) in [5.74, 6) is 0.0980. The number of anilines is 2. The molecule has 1 aliphatic heterocycles. The monoisotopic (exact) mass is 302 g/mol. The van der Waals surface area contributed by atoms with Crippen LogP contribution >= 0.6 is 0 Å². The number of piperazine rings is 1. The van der Waals surface area contributed by atoms with Crippen LogP contribution in [0.5, 0.6) is 0 Å². The summed E-state index contributed by atoms with van der Waals surface area (Å²) < 4.78 is 13.2. The molecule has 0 saturated carbocycles. The van der Waals surface area contributed by atoms with Crippen LogP contribution < -0.4 is 9.80 Å². The molecule has 0 atom stereocenters. The molecule has 22 heavy (non-hydrogen) atoms. The molecule has 1 fully saturated rings. The number of hydrogen-bond donors (Lipinski definition) is 0. The van der Waals surface area contributed by atoms with Crippen LogP contribution in [0, 0.1) is 16.1 Å². The van der Waals surface area contributed by atoms with Crippen LogP contribution in [0.4, 0.5) is 21.6 Å². The number of nitro benzene ring substituents is 1. The highest BCUT2D eigenvalue weighted by Crippen LogP contribution is 2.28. The van der Waals surface area contributed by atoms with E-state index < -0.39 is 5.95 Å². The van der Waals surface area contributed by atoms with Crippen molar-refractivity contribution in [1.82, 2.24) is 4.98 Å². The summed E-state index contributed by atoms with van der Waals surface area (Å²) in [6.07, 6.45) is 0. The van der Waals surface area contributed by atoms with Crippen molar-refractivity contribution in [3.05, 3.63) is 58.5 Å². The quantitative estimate of drug-likeness (QED) is 0.495. The molecule has 2 aromatic rings. The van der Waals surface area contributed by atoms with E-state index in [-0.39, 0.29) is 10.6 Å². The molecule has 0 bridgehead atoms. The van der Waals surface area contributed by atoms with Crippen molar-refractivity contribution >= 4 is 17.2 Å². The minimum absolute atomic E-state index is 0.111. The predicted octanol–water partition coefficient (Wildman–Crippen LogP) is 2.46. The van der Waals surface area contributed by atoms with E-state index in [1.54, 1.807) is 30.3 Å². The second kappa shape index (κ2) is 5.97. The summed E-state index contributed by atoms with van der Waals surface area (Å²) in [7, 11) is 0. The Bertz CT molecular complexity index is 687. The third kappa shape index (κ3) is 2.83. The molecule has 6 nitrogen and oxygen atoms in total. The van der Waals surface area contributed by atoms with Gasteiger partial charge in [0.1, 0.15) is 11.5 Å². The Hall–Kier alpha value is -2.70. The summed E-state index contributed by atoms with van der Waals surface area (Å²) in [6.45, 7) is 2.54. The molecule has 1 aliphatic rings. The largest absolute Gasteiger partial charge is 0.362 e. The first-order chi connectivity index (χ1) is 10.6. The SMILES string of the molecule is O=[N+]([O-])c1ccccc1N1CCN(c2cccc(F)n2)CC1. The Morgan fingerprint density at radius 3 is 2.36 bits per heavy atom. The molecule has 0 radical (unpaired) electrons. The van der Waals surface area contributed by atoms with Crippen LogP contribution in [-0.4, -0.2) is 36.1 Å². The summed E-state index contributed by atoms with van der Waals surface area (Å²) in [5.41, 5.74) is 0.735. The van der Waals surface area contributed by atoms with Crippen molar-refractivity contribution in [1.29, 1.82) is 0 Å². The Balaban J connectivity index is 1.73. The van der Waals surface area contributed by atoms with Gasteiger partial charge in [-0.2, -0.15) is 4.39 Å². The van der Waals surface area contributed by atoms with Crippen molar-refractivity contribution in [3.63, 3.8) is 0 Å². The third-order valence-corrected chi connectivity index (χ3v) is 3.72. The second-order valence-electron chi connectivity index (χ2n) is 5.04. The van der Waals surface area contributed by atoms with Crippen LogP contribution in [0.1, 0.15) is 0 Å². The number of hydrogen-bond acceptors (Lipinski definition) is 5. The van der Waals surface area contributed by atoms with E-state index in [1.807, 2.05) is 9.80 Å². The van der Waals surface area contributed by atoms with Crippen molar-refractivity contribution in [2.24, 2.45) is 0 Å². The van der Waals surface area contributed by atoms with Gasteiger partial charge in [0.25, 0.3) is 5.69 Å². The van der Waals surface area contributed by atoms with Crippen LogP contribution in [-0.2, 0) is 0 Å². The molecule has 2 heterocycles. The van der Waals surface area contributed by atoms with E-state index in [2.05, 4.69) is 4.98 Å². The zero-order valence-electron chi connectivity index (χ0n) is 11.9. The van der Waals surface area contributed by atoms with Crippen LogP contribution in [0.3, 0.4) is 0 Å². The highest BCUT2D eigenvalue weighted by molar-refractivity contribution is 5.63. The molecule has 1 aromatic heterocycles. The van der Waals surface area contributed by atoms with E-state index >= 15 is 0 Å². The van der Waals surface area contributed by atoms with Crippen molar-refractivity contribution in [3.8, 4) is 0 Å². The summed E-state index contributed by atoms with van der Waals surface area (Å²) in [4.78, 5) is 18.6. The van der Waals surface area contributed by atoms with E-state index in [0.717, 1.165) is 0 Å². The maximum absolute atomic E-state index is 13.2. The molecule has 0 amide bonds. The zero-order chi connectivity index (χ0) is 15.5. The van der Waals surface area contributed by atoms with Crippen LogP contribution in [0.2, 0.25) is 0 Å². The van der Waals surface area contributed by atoms with Gasteiger partial charge in [0.15, 0.2) is 0 Å². The molecule has 0 N–H and O–H groups in total. The zero-order valence-corrected chi connectivity index (χ0v) is 11.9. The lowest BCUT2D eigenvalue weighted by molar-refractivity contribution is -0.384. The number of halogens is 1. The Labute approximate surface area is 127 Å². The lowest BCUT2D eigenvalue weighted by atomic mass is 10.2. The lowest BCUT2D eigenvalue weighted by Crippen LogP contribution is -2.47. The summed E-state index contributed by atoms with van der Waals surface area (Å²) in [6, 6.07) is 11.4. The maximum Gasteiger partial charge on any atom is 0.292 e. The molecule has 7 heteroatoms. The third-order valence-electron chi connectivity index (χ3n) is 3.72. The van der Waals surface area contributed by atoms with Crippen molar-refractivity contribution < 1.29 is 9.31 Å². The van der Waals surface area contributed by atoms with Gasteiger partial charge >= 0.3 is 0 Å². The van der Waals surface area contributed by atoms with Crippen molar-refractivity contribution in [2.75, 3.05) is 36.0 Å². The maximum atomic E-state index is 13.2. The number of pyridine rings is 1. The Morgan fingerprint density at radius 2 is 1.68 bits per heavy atom. The molecule has 1 saturated heterocycles. The van der Waals surface area contributed by atoms with Gasteiger partial charge in [-0.25, -0.2) is 4.98 Å². The molecule has 0 aliphatic carbocycles. The number of rotatable bonds is 3. The molecule has 0 unspecified atom stereocenters. The summed E-state index contributed by atoms with van der Waals surface area (Å²) >= 11 is 0. The first-order valence-corrected chi connectivity index (χ1v) is 7.01. The molecular formula is C15H15FN4O2. The fourth-order valence-corrected chi connectivity index (χ4v) is 2.64. The van der Waals surface area contributed by atoms with E-state index in [0.29, 0.717) is 37.7 Å². The fourth-order valence-electron chi connectivity index (χ4n) is 2.64. The predicted molar refractivity (Wildman–Crippen MR) is 81.7 cm³/mol. The van der Waals surface area contributed by atoms with E-state index in [4.69, 9.17) is 0 Å². The topological polar surface area (TPSA) is 62.5 Å². The highest BCUT2D eigenvalue weighted by atomic mass is 19.1. The van der Waals surface area contributed by atoms with Gasteiger partial charge in [-0.05, 0) is 18.2 Å². The lowest BCUT2D eigenvalue weighted by Gasteiger charge is -2.36. The van der Waals surface area contributed by atoms with E-state index in [1.165, 1.54) is 12.1 Å². The average Bonchev–Trinajstić information content (AvgIpc) is 2.55. The number of aromatic nitrogens is 1. The van der Waals surface area contributed by atoms with Crippen molar-refractivity contribution in [2.45, 2.75) is 0 Å². The normalized spacial score (nSPS) is 15.0. The molecule has 3 rings (SSSR count). The van der Waals surface area contributed by atoms with Gasteiger partial charge in [0, 0.05) is 32.2 Å². The smallest absolute Gasteiger partial charge is 0.292 e. The van der Waals surface area contributed by atoms with Gasteiger partial charge in [0.2, 0.25) is 5.95 Å². The second-order valence-corrected chi connectivity index (χ2v) is 5.04. The van der Waals surface area contributed by atoms with Gasteiger partial charge in [-0.3, -0.25) is 10.1 Å². The highest BCUT2D eigenvalue weighted by Gasteiger charge is 2.23. The minimum Gasteiger partial charge on any atom is -0.362 e. The van der Waals surface area contributed by atoms with Gasteiger partial charge in [-0.15, -0.1) is 0 Å². The number of benzene rings is 1. The van der Waals surface area contributed by atoms with Gasteiger partial charge in [-0.1, -0.05) is 18.2 Å². The molecule has 114 valence electrons. The van der Waals surface area contributed by atoms with Crippen LogP contribution in [0.15, 0.2) is 42.5 Å². The number of nitrogens with zero attached hydrogens (tertiary/aromatic N) is 4. The Morgan fingerprint density at radius 1 is 1.00 bits per heavy atom. The molecule has 1 aromatic carbocycles. The minimum atomic E-state index is -0.501. The first kappa shape index (κ1) is 14.2. The van der Waals surface area contributed by atoms with Gasteiger partial charge in [0.05, 0.1) is 4.92 Å². The number of nitro groups is 1.